The van der Waals surface area contributed by atoms with Crippen LogP contribution in [0.5, 0.6) is 5.75 Å². The summed E-state index contributed by atoms with van der Waals surface area (Å²) in [5.41, 5.74) is 1.29. The van der Waals surface area contributed by atoms with Crippen LogP contribution in [0.25, 0.3) is 0 Å². The number of hydrogen-bond acceptors (Lipinski definition) is 4. The molecule has 4 nitrogen and oxygen atoms in total. The average molecular weight is 284 g/mol. The molecular formula is C12H10F2N2O2S. The first-order chi connectivity index (χ1) is 9.06. The molecule has 0 bridgehead atoms. The van der Waals surface area contributed by atoms with Crippen LogP contribution in [-0.2, 0) is 0 Å². The topological polar surface area (TPSA) is 51.2 Å². The molecule has 0 aliphatic carbocycles. The van der Waals surface area contributed by atoms with Crippen molar-refractivity contribution < 1.29 is 18.3 Å². The van der Waals surface area contributed by atoms with Gasteiger partial charge in [-0.05, 0) is 30.5 Å². The van der Waals surface area contributed by atoms with Crippen molar-refractivity contribution in [3.8, 4) is 5.75 Å². The molecule has 0 spiro atoms. The molecule has 7 heteroatoms. The van der Waals surface area contributed by atoms with Gasteiger partial charge in [0.05, 0.1) is 0 Å². The van der Waals surface area contributed by atoms with E-state index in [9.17, 15) is 13.6 Å². The van der Waals surface area contributed by atoms with Crippen LogP contribution in [0.15, 0.2) is 29.8 Å². The van der Waals surface area contributed by atoms with E-state index in [4.69, 9.17) is 0 Å². The molecule has 0 fully saturated rings. The van der Waals surface area contributed by atoms with E-state index in [2.05, 4.69) is 15.0 Å². The number of aryl methyl sites for hydroxylation is 1. The van der Waals surface area contributed by atoms with E-state index in [1.165, 1.54) is 11.4 Å². The molecule has 0 aromatic carbocycles. The summed E-state index contributed by atoms with van der Waals surface area (Å²) in [6.07, 6.45) is 1.55. The fraction of sp³-hybridized carbons (Fsp3) is 0.167. The molecule has 0 aliphatic rings. The van der Waals surface area contributed by atoms with Crippen LogP contribution in [0.2, 0.25) is 0 Å². The Hall–Kier alpha value is -2.02. The molecule has 19 heavy (non-hydrogen) atoms. The Kier molecular flexibility index (Phi) is 4.06. The number of alkyl halides is 2. The summed E-state index contributed by atoms with van der Waals surface area (Å²) in [4.78, 5) is 16.0. The number of amides is 1. The van der Waals surface area contributed by atoms with Crippen LogP contribution in [0.4, 0.5) is 14.5 Å². The number of carbonyl (C=O) groups is 1. The number of nitrogens with zero attached hydrogens (tertiary/aromatic N) is 1. The summed E-state index contributed by atoms with van der Waals surface area (Å²) in [7, 11) is 0. The fourth-order valence-corrected chi connectivity index (χ4v) is 2.18. The number of aromatic nitrogens is 1. The Labute approximate surface area is 112 Å². The quantitative estimate of drug-likeness (QED) is 0.937. The summed E-state index contributed by atoms with van der Waals surface area (Å²) in [5.74, 6) is -0.612. The number of halogens is 2. The maximum atomic E-state index is 12.2. The van der Waals surface area contributed by atoms with Crippen LogP contribution in [0.3, 0.4) is 0 Å². The molecule has 2 heterocycles. The van der Waals surface area contributed by atoms with Gasteiger partial charge in [0.2, 0.25) is 0 Å². The zero-order valence-electron chi connectivity index (χ0n) is 9.89. The Balaban J connectivity index is 2.14. The molecule has 0 unspecified atom stereocenters. The minimum absolute atomic E-state index is 0.106. The number of carbonyl (C=O) groups excluding carboxylic acids is 1. The average Bonchev–Trinajstić information content (AvgIpc) is 2.76. The Morgan fingerprint density at radius 1 is 1.47 bits per heavy atom. The Bertz CT molecular complexity index is 587. The van der Waals surface area contributed by atoms with Gasteiger partial charge in [-0.15, -0.1) is 11.3 Å². The highest BCUT2D eigenvalue weighted by Gasteiger charge is 2.17. The first-order valence-corrected chi connectivity index (χ1v) is 6.20. The molecule has 2 aromatic heterocycles. The number of thiophene rings is 1. The Morgan fingerprint density at radius 3 is 2.95 bits per heavy atom. The van der Waals surface area contributed by atoms with Crippen LogP contribution in [-0.4, -0.2) is 17.5 Å². The lowest BCUT2D eigenvalue weighted by molar-refractivity contribution is -0.0498. The third kappa shape index (κ3) is 3.47. The fourth-order valence-electron chi connectivity index (χ4n) is 1.46. The van der Waals surface area contributed by atoms with E-state index in [0.717, 1.165) is 17.0 Å². The maximum absolute atomic E-state index is 12.2. The first-order valence-electron chi connectivity index (χ1n) is 5.32. The standard InChI is InChI=1S/C12H10F2N2O2S/c1-7-6-8(2-4-15-7)16-11(17)10-9(3-5-19-10)18-12(13)14/h2-6,12H,1H3,(H,15,16,17). The van der Waals surface area contributed by atoms with Gasteiger partial charge < -0.3 is 10.1 Å². The van der Waals surface area contributed by atoms with Gasteiger partial charge in [0, 0.05) is 17.6 Å². The summed E-state index contributed by atoms with van der Waals surface area (Å²) >= 11 is 1.04. The number of rotatable bonds is 4. The predicted molar refractivity (Wildman–Crippen MR) is 67.9 cm³/mol. The number of hydrogen-bond donors (Lipinski definition) is 1. The van der Waals surface area contributed by atoms with Crippen LogP contribution >= 0.6 is 11.3 Å². The summed E-state index contributed by atoms with van der Waals surface area (Å²) < 4.78 is 28.6. The number of anilines is 1. The summed E-state index contributed by atoms with van der Waals surface area (Å²) in [6, 6.07) is 4.63. The van der Waals surface area contributed by atoms with Crippen molar-refractivity contribution in [1.29, 1.82) is 0 Å². The molecule has 100 valence electrons. The van der Waals surface area contributed by atoms with Crippen LogP contribution in [0, 0.1) is 6.92 Å². The highest BCUT2D eigenvalue weighted by Crippen LogP contribution is 2.27. The van der Waals surface area contributed by atoms with Gasteiger partial charge in [-0.3, -0.25) is 9.78 Å². The van der Waals surface area contributed by atoms with Gasteiger partial charge in [-0.1, -0.05) is 0 Å². The predicted octanol–water partition coefficient (Wildman–Crippen LogP) is 3.31. The van der Waals surface area contributed by atoms with Gasteiger partial charge in [0.15, 0.2) is 0 Å². The lowest BCUT2D eigenvalue weighted by Crippen LogP contribution is -2.13. The van der Waals surface area contributed by atoms with E-state index in [1.54, 1.807) is 25.3 Å². The van der Waals surface area contributed by atoms with E-state index in [-0.39, 0.29) is 10.6 Å². The van der Waals surface area contributed by atoms with Crippen molar-refractivity contribution in [2.45, 2.75) is 13.5 Å². The molecule has 1 N–H and O–H groups in total. The molecule has 2 rings (SSSR count). The van der Waals surface area contributed by atoms with Crippen molar-refractivity contribution in [3.05, 3.63) is 40.3 Å². The number of nitrogens with one attached hydrogen (secondary N) is 1. The van der Waals surface area contributed by atoms with E-state index in [1.807, 2.05) is 0 Å². The van der Waals surface area contributed by atoms with Crippen LogP contribution < -0.4 is 10.1 Å². The van der Waals surface area contributed by atoms with Gasteiger partial charge >= 0.3 is 6.61 Å². The maximum Gasteiger partial charge on any atom is 0.387 e. The number of pyridine rings is 1. The Morgan fingerprint density at radius 2 is 2.26 bits per heavy atom. The SMILES string of the molecule is Cc1cc(NC(=O)c2sccc2OC(F)F)ccn1. The van der Waals surface area contributed by atoms with Crippen molar-refractivity contribution in [2.75, 3.05) is 5.32 Å². The van der Waals surface area contributed by atoms with Crippen molar-refractivity contribution >= 4 is 22.9 Å². The molecule has 1 amide bonds. The van der Waals surface area contributed by atoms with Crippen molar-refractivity contribution in [1.82, 2.24) is 4.98 Å². The lowest BCUT2D eigenvalue weighted by Gasteiger charge is -2.07. The van der Waals surface area contributed by atoms with E-state index >= 15 is 0 Å². The van der Waals surface area contributed by atoms with Crippen LogP contribution in [0.1, 0.15) is 15.4 Å². The largest absolute Gasteiger partial charge is 0.433 e. The zero-order valence-corrected chi connectivity index (χ0v) is 10.7. The molecule has 0 saturated carbocycles. The molecule has 0 radical (unpaired) electrons. The van der Waals surface area contributed by atoms with Gasteiger partial charge in [0.1, 0.15) is 10.6 Å². The molecule has 0 saturated heterocycles. The number of ether oxygens (including phenoxy) is 1. The highest BCUT2D eigenvalue weighted by molar-refractivity contribution is 7.12. The van der Waals surface area contributed by atoms with E-state index in [0.29, 0.717) is 5.69 Å². The third-order valence-corrected chi connectivity index (χ3v) is 3.10. The second-order valence-electron chi connectivity index (χ2n) is 3.63. The van der Waals surface area contributed by atoms with Gasteiger partial charge in [0.25, 0.3) is 5.91 Å². The highest BCUT2D eigenvalue weighted by atomic mass is 32.1. The van der Waals surface area contributed by atoms with Gasteiger partial charge in [-0.25, -0.2) is 0 Å². The molecule has 2 aromatic rings. The normalized spacial score (nSPS) is 10.5. The zero-order chi connectivity index (χ0) is 13.8. The van der Waals surface area contributed by atoms with Crippen molar-refractivity contribution in [2.24, 2.45) is 0 Å². The molecule has 0 aliphatic heterocycles. The smallest absolute Gasteiger partial charge is 0.387 e. The third-order valence-electron chi connectivity index (χ3n) is 2.21. The lowest BCUT2D eigenvalue weighted by atomic mass is 10.3. The second-order valence-corrected chi connectivity index (χ2v) is 4.55. The summed E-state index contributed by atoms with van der Waals surface area (Å²) in [6.45, 7) is -1.17. The molecular weight excluding hydrogens is 274 g/mol. The van der Waals surface area contributed by atoms with Crippen molar-refractivity contribution in [3.63, 3.8) is 0 Å². The summed E-state index contributed by atoms with van der Waals surface area (Å²) in [5, 5.41) is 4.12. The second kappa shape index (κ2) is 5.75. The molecule has 0 atom stereocenters. The minimum atomic E-state index is -2.95. The van der Waals surface area contributed by atoms with E-state index < -0.39 is 12.5 Å². The first kappa shape index (κ1) is 13.4. The monoisotopic (exact) mass is 284 g/mol. The van der Waals surface area contributed by atoms with Gasteiger partial charge in [-0.2, -0.15) is 8.78 Å². The minimum Gasteiger partial charge on any atom is -0.433 e.